The van der Waals surface area contributed by atoms with E-state index in [2.05, 4.69) is 10.5 Å². The number of oxime groups is 1. The van der Waals surface area contributed by atoms with E-state index >= 15 is 0 Å². The van der Waals surface area contributed by atoms with Crippen molar-refractivity contribution in [1.82, 2.24) is 0 Å². The Morgan fingerprint density at radius 1 is 1.40 bits per heavy atom. The molecule has 0 aliphatic heterocycles. The molecule has 2 rings (SSSR count). The summed E-state index contributed by atoms with van der Waals surface area (Å²) in [5.74, 6) is 0.323. The number of anilines is 1. The number of ether oxygens (including phenoxy) is 1. The first-order valence-electron chi connectivity index (χ1n) is 5.87. The van der Waals surface area contributed by atoms with Crippen LogP contribution in [0.3, 0.4) is 0 Å². The van der Waals surface area contributed by atoms with Crippen LogP contribution in [0.1, 0.15) is 22.2 Å². The van der Waals surface area contributed by atoms with Gasteiger partial charge in [0.1, 0.15) is 10.6 Å². The van der Waals surface area contributed by atoms with E-state index in [-0.39, 0.29) is 5.91 Å². The number of nitrogens with one attached hydrogen (secondary N) is 1. The van der Waals surface area contributed by atoms with Crippen LogP contribution >= 0.6 is 11.3 Å². The highest BCUT2D eigenvalue weighted by atomic mass is 32.1. The lowest BCUT2D eigenvalue weighted by molar-refractivity contribution is 0.102. The van der Waals surface area contributed by atoms with Gasteiger partial charge in [0.2, 0.25) is 0 Å². The van der Waals surface area contributed by atoms with Gasteiger partial charge in [0, 0.05) is 11.3 Å². The van der Waals surface area contributed by atoms with Crippen LogP contribution in [0.2, 0.25) is 0 Å². The monoisotopic (exact) mass is 290 g/mol. The van der Waals surface area contributed by atoms with Gasteiger partial charge < -0.3 is 15.3 Å². The highest BCUT2D eigenvalue weighted by molar-refractivity contribution is 7.12. The van der Waals surface area contributed by atoms with Crippen LogP contribution in [0.15, 0.2) is 40.9 Å². The number of rotatable bonds is 4. The third-order valence-electron chi connectivity index (χ3n) is 2.74. The van der Waals surface area contributed by atoms with Gasteiger partial charge in [0.05, 0.1) is 12.8 Å². The first-order chi connectivity index (χ1) is 9.65. The third kappa shape index (κ3) is 2.97. The lowest BCUT2D eigenvalue weighted by Crippen LogP contribution is -2.11. The molecule has 1 amide bonds. The SMILES string of the molecule is COc1ccsc1C(=O)Nc1cccc(/C(C)=N/O)c1. The second kappa shape index (κ2) is 6.21. The summed E-state index contributed by atoms with van der Waals surface area (Å²) in [4.78, 5) is 12.7. The van der Waals surface area contributed by atoms with Gasteiger partial charge >= 0.3 is 0 Å². The van der Waals surface area contributed by atoms with Gasteiger partial charge in [-0.2, -0.15) is 0 Å². The predicted octanol–water partition coefficient (Wildman–Crippen LogP) is 3.21. The number of hydrogen-bond donors (Lipinski definition) is 2. The van der Waals surface area contributed by atoms with E-state index in [4.69, 9.17) is 9.94 Å². The van der Waals surface area contributed by atoms with Crippen molar-refractivity contribution >= 4 is 28.6 Å². The summed E-state index contributed by atoms with van der Waals surface area (Å²) in [6.07, 6.45) is 0. The summed E-state index contributed by atoms with van der Waals surface area (Å²) in [5, 5.41) is 16.5. The van der Waals surface area contributed by atoms with Gasteiger partial charge in [0.25, 0.3) is 5.91 Å². The quantitative estimate of drug-likeness (QED) is 0.516. The van der Waals surface area contributed by atoms with Gasteiger partial charge in [-0.05, 0) is 30.5 Å². The maximum absolute atomic E-state index is 12.1. The number of hydrogen-bond acceptors (Lipinski definition) is 5. The van der Waals surface area contributed by atoms with Crippen molar-refractivity contribution in [1.29, 1.82) is 0 Å². The molecule has 0 atom stereocenters. The number of thiophene rings is 1. The van der Waals surface area contributed by atoms with E-state index in [1.54, 1.807) is 42.6 Å². The molecule has 6 heteroatoms. The number of benzene rings is 1. The predicted molar refractivity (Wildman–Crippen MR) is 79.3 cm³/mol. The van der Waals surface area contributed by atoms with Crippen LogP contribution in [-0.2, 0) is 0 Å². The lowest BCUT2D eigenvalue weighted by Gasteiger charge is -2.07. The van der Waals surface area contributed by atoms with Crippen LogP contribution < -0.4 is 10.1 Å². The molecular weight excluding hydrogens is 276 g/mol. The second-order valence-corrected chi connectivity index (χ2v) is 4.95. The third-order valence-corrected chi connectivity index (χ3v) is 3.64. The van der Waals surface area contributed by atoms with Gasteiger partial charge in [0.15, 0.2) is 0 Å². The van der Waals surface area contributed by atoms with Crippen LogP contribution in [0.5, 0.6) is 5.75 Å². The van der Waals surface area contributed by atoms with Crippen molar-refractivity contribution in [3.63, 3.8) is 0 Å². The zero-order valence-electron chi connectivity index (χ0n) is 11.1. The van der Waals surface area contributed by atoms with E-state index in [1.165, 1.54) is 18.4 Å². The van der Waals surface area contributed by atoms with Crippen molar-refractivity contribution < 1.29 is 14.7 Å². The molecule has 0 fully saturated rings. The molecule has 0 aliphatic rings. The Morgan fingerprint density at radius 3 is 2.90 bits per heavy atom. The van der Waals surface area contributed by atoms with Gasteiger partial charge in [-0.15, -0.1) is 11.3 Å². The molecule has 0 unspecified atom stereocenters. The molecule has 0 bridgehead atoms. The first-order valence-corrected chi connectivity index (χ1v) is 6.75. The van der Waals surface area contributed by atoms with Gasteiger partial charge in [-0.3, -0.25) is 4.79 Å². The maximum Gasteiger partial charge on any atom is 0.269 e. The normalized spacial score (nSPS) is 11.2. The zero-order valence-corrected chi connectivity index (χ0v) is 11.9. The Hall–Kier alpha value is -2.34. The van der Waals surface area contributed by atoms with Crippen molar-refractivity contribution in [2.75, 3.05) is 12.4 Å². The molecule has 104 valence electrons. The Morgan fingerprint density at radius 2 is 2.20 bits per heavy atom. The molecule has 1 heterocycles. The van der Waals surface area contributed by atoms with E-state index in [0.717, 1.165) is 5.56 Å². The van der Waals surface area contributed by atoms with Crippen LogP contribution in [0, 0.1) is 0 Å². The molecule has 0 saturated carbocycles. The fourth-order valence-electron chi connectivity index (χ4n) is 1.69. The summed E-state index contributed by atoms with van der Waals surface area (Å²) in [7, 11) is 1.53. The molecule has 5 nitrogen and oxygen atoms in total. The molecule has 0 aliphatic carbocycles. The first kappa shape index (κ1) is 14.1. The smallest absolute Gasteiger partial charge is 0.269 e. The number of amides is 1. The standard InChI is InChI=1S/C14H14N2O3S/c1-9(16-18)10-4-3-5-11(8-10)15-14(17)13-12(19-2)6-7-20-13/h3-8,18H,1-2H3,(H,15,17)/b16-9+. The molecule has 0 spiro atoms. The van der Waals surface area contributed by atoms with Crippen molar-refractivity contribution in [2.45, 2.75) is 6.92 Å². The molecule has 0 radical (unpaired) electrons. The van der Waals surface area contributed by atoms with E-state index < -0.39 is 0 Å². The van der Waals surface area contributed by atoms with Crippen molar-refractivity contribution in [3.8, 4) is 5.75 Å². The number of nitrogens with zero attached hydrogens (tertiary/aromatic N) is 1. The lowest BCUT2D eigenvalue weighted by atomic mass is 10.1. The fraction of sp³-hybridized carbons (Fsp3) is 0.143. The second-order valence-electron chi connectivity index (χ2n) is 4.04. The Labute approximate surface area is 120 Å². The average Bonchev–Trinajstić information content (AvgIpc) is 2.95. The molecule has 1 aromatic heterocycles. The summed E-state index contributed by atoms with van der Waals surface area (Å²) in [5.41, 5.74) is 1.85. The molecule has 2 aromatic rings. The highest BCUT2D eigenvalue weighted by Gasteiger charge is 2.14. The largest absolute Gasteiger partial charge is 0.495 e. The number of carbonyl (C=O) groups excluding carboxylic acids is 1. The van der Waals surface area contributed by atoms with E-state index in [9.17, 15) is 4.79 Å². The number of methoxy groups -OCH3 is 1. The van der Waals surface area contributed by atoms with Gasteiger partial charge in [-0.25, -0.2) is 0 Å². The topological polar surface area (TPSA) is 70.9 Å². The number of carbonyl (C=O) groups is 1. The molecular formula is C14H14N2O3S. The van der Waals surface area contributed by atoms with E-state index in [1.807, 2.05) is 0 Å². The van der Waals surface area contributed by atoms with Crippen molar-refractivity contribution in [2.24, 2.45) is 5.16 Å². The summed E-state index contributed by atoms with van der Waals surface area (Å²) in [6, 6.07) is 8.85. The Bertz CT molecular complexity index is 649. The van der Waals surface area contributed by atoms with E-state index in [0.29, 0.717) is 22.0 Å². The minimum absolute atomic E-state index is 0.229. The average molecular weight is 290 g/mol. The molecule has 1 aromatic carbocycles. The van der Waals surface area contributed by atoms with Crippen LogP contribution in [0.25, 0.3) is 0 Å². The maximum atomic E-state index is 12.1. The van der Waals surface area contributed by atoms with Crippen molar-refractivity contribution in [3.05, 3.63) is 46.2 Å². The highest BCUT2D eigenvalue weighted by Crippen LogP contribution is 2.25. The Balaban J connectivity index is 2.20. The summed E-state index contributed by atoms with van der Waals surface area (Å²) < 4.78 is 5.12. The molecule has 2 N–H and O–H groups in total. The summed E-state index contributed by atoms with van der Waals surface area (Å²) >= 11 is 1.32. The fourth-order valence-corrected chi connectivity index (χ4v) is 2.44. The molecule has 20 heavy (non-hydrogen) atoms. The summed E-state index contributed by atoms with van der Waals surface area (Å²) in [6.45, 7) is 1.68. The zero-order chi connectivity index (χ0) is 14.5. The molecule has 0 saturated heterocycles. The Kier molecular flexibility index (Phi) is 4.37. The minimum Gasteiger partial charge on any atom is -0.495 e. The van der Waals surface area contributed by atoms with Crippen LogP contribution in [0.4, 0.5) is 5.69 Å². The van der Waals surface area contributed by atoms with Gasteiger partial charge in [-0.1, -0.05) is 17.3 Å². The van der Waals surface area contributed by atoms with Crippen LogP contribution in [-0.4, -0.2) is 23.9 Å². The minimum atomic E-state index is -0.229.